The molecule has 12 heteroatoms. The fourth-order valence-electron chi connectivity index (χ4n) is 3.74. The number of carboxylic acid groups (broad SMARTS) is 1. The van der Waals surface area contributed by atoms with Crippen LogP contribution in [-0.2, 0) is 22.6 Å². The highest BCUT2D eigenvalue weighted by Gasteiger charge is 2.38. The van der Waals surface area contributed by atoms with Crippen LogP contribution in [0.3, 0.4) is 0 Å². The van der Waals surface area contributed by atoms with Gasteiger partial charge < -0.3 is 19.3 Å². The molecule has 0 atom stereocenters. The molecule has 0 saturated heterocycles. The van der Waals surface area contributed by atoms with Crippen LogP contribution in [0.4, 0.5) is 18.9 Å². The lowest BCUT2D eigenvalue weighted by Crippen LogP contribution is -2.43. The summed E-state index contributed by atoms with van der Waals surface area (Å²) in [4.78, 5) is 37.6. The smallest absolute Gasteiger partial charge is 0.346 e. The number of carboxylic acids is 1. The van der Waals surface area contributed by atoms with E-state index in [2.05, 4.69) is 0 Å². The molecule has 1 N–H and O–H groups in total. The van der Waals surface area contributed by atoms with Crippen LogP contribution in [0.1, 0.15) is 38.1 Å². The molecule has 2 heterocycles. The van der Waals surface area contributed by atoms with E-state index in [0.717, 1.165) is 29.5 Å². The van der Waals surface area contributed by atoms with Crippen LogP contribution < -0.4 is 14.4 Å². The fraction of sp³-hybridized carbons (Fsp3) is 0.240. The minimum Gasteiger partial charge on any atom is -0.491 e. The van der Waals surface area contributed by atoms with Gasteiger partial charge in [0, 0.05) is 12.7 Å². The molecular weight excluding hydrogens is 515 g/mol. The van der Waals surface area contributed by atoms with Crippen molar-refractivity contribution in [2.24, 2.45) is 0 Å². The van der Waals surface area contributed by atoms with E-state index >= 15 is 0 Å². The number of halogens is 3. The average Bonchev–Trinajstić information content (AvgIpc) is 3.29. The Bertz CT molecular complexity index is 1370. The average molecular weight is 535 g/mol. The quantitative estimate of drug-likeness (QED) is 0.299. The van der Waals surface area contributed by atoms with Crippen molar-refractivity contribution in [2.75, 3.05) is 24.7 Å². The number of ether oxygens (including phenoxy) is 3. The first-order valence-corrected chi connectivity index (χ1v) is 11.9. The summed E-state index contributed by atoms with van der Waals surface area (Å²) in [6.07, 6.45) is -0.299. The number of nitrogens with zero attached hydrogens (tertiary/aromatic N) is 1. The molecule has 2 aromatic carbocycles. The lowest BCUT2D eigenvalue weighted by atomic mass is 10.0. The summed E-state index contributed by atoms with van der Waals surface area (Å²) in [5, 5.41) is 10.8. The third-order valence-corrected chi connectivity index (χ3v) is 6.47. The van der Waals surface area contributed by atoms with E-state index in [4.69, 9.17) is 14.2 Å². The second kappa shape index (κ2) is 11.0. The zero-order valence-electron chi connectivity index (χ0n) is 19.4. The number of anilines is 1. The summed E-state index contributed by atoms with van der Waals surface area (Å²) >= 11 is 0.798. The van der Waals surface area contributed by atoms with Crippen molar-refractivity contribution in [1.29, 1.82) is 0 Å². The predicted molar refractivity (Wildman–Crippen MR) is 126 cm³/mol. The largest absolute Gasteiger partial charge is 0.491 e. The Kier molecular flexibility index (Phi) is 7.79. The molecule has 0 unspecified atom stereocenters. The Labute approximate surface area is 212 Å². The van der Waals surface area contributed by atoms with Crippen LogP contribution in [0.25, 0.3) is 0 Å². The number of fused-ring (bicyclic) bond motifs is 1. The highest BCUT2D eigenvalue weighted by atomic mass is 32.1. The normalized spacial score (nSPS) is 13.0. The van der Waals surface area contributed by atoms with Gasteiger partial charge in [0.05, 0.1) is 29.8 Å². The molecule has 37 heavy (non-hydrogen) atoms. The molecule has 0 spiro atoms. The Morgan fingerprint density at radius 1 is 1.08 bits per heavy atom. The molecule has 1 aliphatic heterocycles. The first-order chi connectivity index (χ1) is 17.7. The van der Waals surface area contributed by atoms with Gasteiger partial charge >= 0.3 is 5.97 Å². The molecular formula is C25H20F3NO7S. The van der Waals surface area contributed by atoms with Crippen molar-refractivity contribution in [3.05, 3.63) is 74.7 Å². The van der Waals surface area contributed by atoms with Crippen molar-refractivity contribution in [3.63, 3.8) is 0 Å². The monoisotopic (exact) mass is 535 g/mol. The number of hydrogen-bond donors (Lipinski definition) is 1. The summed E-state index contributed by atoms with van der Waals surface area (Å²) in [6, 6.07) is 5.32. The molecule has 0 radical (unpaired) electrons. The number of hydrogen-bond acceptors (Lipinski definition) is 7. The van der Waals surface area contributed by atoms with E-state index in [-0.39, 0.29) is 52.7 Å². The Morgan fingerprint density at radius 3 is 2.57 bits per heavy atom. The molecule has 0 fully saturated rings. The van der Waals surface area contributed by atoms with Gasteiger partial charge in [0.2, 0.25) is 5.91 Å². The van der Waals surface area contributed by atoms with E-state index in [1.807, 2.05) is 0 Å². The van der Waals surface area contributed by atoms with Gasteiger partial charge in [-0.3, -0.25) is 9.59 Å². The highest BCUT2D eigenvalue weighted by Crippen LogP contribution is 2.35. The topological polar surface area (TPSA) is 102 Å². The van der Waals surface area contributed by atoms with Crippen LogP contribution >= 0.6 is 11.3 Å². The standard InChI is InChI=1S/C25H20F3NO7S/c1-2-34-7-8-35-19-6-5-17(27)22(28)15(19)11-36-14-3-4-16(26)18(10-14)29-20(30)9-13-12-37-23(25(32)33)21(13)24(29)31/h3-6,10,12H,2,7-9,11H2,1H3,(H,32,33). The minimum absolute atomic E-state index is 0.0218. The lowest BCUT2D eigenvalue weighted by Gasteiger charge is -2.26. The van der Waals surface area contributed by atoms with Gasteiger partial charge in [0.25, 0.3) is 5.91 Å². The molecule has 1 aliphatic rings. The fourth-order valence-corrected chi connectivity index (χ4v) is 4.63. The van der Waals surface area contributed by atoms with Gasteiger partial charge in [0.1, 0.15) is 35.4 Å². The molecule has 8 nitrogen and oxygen atoms in total. The van der Waals surface area contributed by atoms with E-state index in [1.165, 1.54) is 17.5 Å². The Hall–Kier alpha value is -3.90. The SMILES string of the molecule is CCOCCOc1ccc(F)c(F)c1COc1ccc(F)c(N2C(=O)Cc3csc(C(=O)O)c3C2=O)c1. The van der Waals surface area contributed by atoms with Gasteiger partial charge in [-0.2, -0.15) is 0 Å². The zero-order chi connectivity index (χ0) is 26.7. The van der Waals surface area contributed by atoms with Gasteiger partial charge in [-0.15, -0.1) is 11.3 Å². The van der Waals surface area contributed by atoms with Crippen LogP contribution in [0, 0.1) is 17.5 Å². The molecule has 0 saturated carbocycles. The number of carbonyl (C=O) groups excluding carboxylic acids is 2. The molecule has 0 aliphatic carbocycles. The number of imide groups is 1. The van der Waals surface area contributed by atoms with Gasteiger partial charge in [0.15, 0.2) is 11.6 Å². The zero-order valence-corrected chi connectivity index (χ0v) is 20.2. The molecule has 4 rings (SSSR count). The number of amides is 2. The Balaban J connectivity index is 1.59. The van der Waals surface area contributed by atoms with Crippen LogP contribution in [0.5, 0.6) is 11.5 Å². The first-order valence-electron chi connectivity index (χ1n) is 11.0. The van der Waals surface area contributed by atoms with E-state index in [0.29, 0.717) is 11.5 Å². The number of thiophene rings is 1. The predicted octanol–water partition coefficient (Wildman–Crippen LogP) is 4.59. The van der Waals surface area contributed by atoms with Gasteiger partial charge in [-0.1, -0.05) is 0 Å². The van der Waals surface area contributed by atoms with Gasteiger partial charge in [-0.05, 0) is 42.1 Å². The number of rotatable bonds is 10. The second-order valence-corrected chi connectivity index (χ2v) is 8.65. The summed E-state index contributed by atoms with van der Waals surface area (Å²) in [7, 11) is 0. The number of carbonyl (C=O) groups is 3. The second-order valence-electron chi connectivity index (χ2n) is 7.77. The number of aromatic carboxylic acids is 1. The van der Waals surface area contributed by atoms with Crippen molar-refractivity contribution < 1.29 is 46.9 Å². The minimum atomic E-state index is -1.34. The molecule has 0 bridgehead atoms. The first kappa shape index (κ1) is 26.2. The van der Waals surface area contributed by atoms with E-state index in [1.54, 1.807) is 6.92 Å². The summed E-state index contributed by atoms with van der Waals surface area (Å²) in [6.45, 7) is 2.04. The van der Waals surface area contributed by atoms with Crippen LogP contribution in [0.15, 0.2) is 35.7 Å². The van der Waals surface area contributed by atoms with Gasteiger partial charge in [-0.25, -0.2) is 22.9 Å². The summed E-state index contributed by atoms with van der Waals surface area (Å²) < 4.78 is 59.3. The molecule has 3 aromatic rings. The van der Waals surface area contributed by atoms with E-state index < -0.39 is 47.5 Å². The summed E-state index contributed by atoms with van der Waals surface area (Å²) in [5.41, 5.74) is -0.631. The summed E-state index contributed by atoms with van der Waals surface area (Å²) in [5.74, 6) is -6.38. The third-order valence-electron chi connectivity index (χ3n) is 5.45. The maximum atomic E-state index is 14.8. The molecule has 194 valence electrons. The van der Waals surface area contributed by atoms with Crippen molar-refractivity contribution in [2.45, 2.75) is 20.0 Å². The number of benzene rings is 2. The van der Waals surface area contributed by atoms with Crippen LogP contribution in [0.2, 0.25) is 0 Å². The Morgan fingerprint density at radius 2 is 1.84 bits per heavy atom. The van der Waals surface area contributed by atoms with Crippen molar-refractivity contribution in [1.82, 2.24) is 0 Å². The van der Waals surface area contributed by atoms with Crippen molar-refractivity contribution >= 4 is 34.8 Å². The maximum absolute atomic E-state index is 14.8. The van der Waals surface area contributed by atoms with E-state index in [9.17, 15) is 32.7 Å². The third kappa shape index (κ3) is 5.30. The molecule has 2 amide bonds. The lowest BCUT2D eigenvalue weighted by molar-refractivity contribution is -0.117. The van der Waals surface area contributed by atoms with Crippen molar-refractivity contribution in [3.8, 4) is 11.5 Å². The van der Waals surface area contributed by atoms with Crippen LogP contribution in [-0.4, -0.2) is 42.7 Å². The highest BCUT2D eigenvalue weighted by molar-refractivity contribution is 7.12. The maximum Gasteiger partial charge on any atom is 0.346 e. The molecule has 1 aromatic heterocycles.